The minimum atomic E-state index is 0. The van der Waals surface area contributed by atoms with Crippen LogP contribution < -0.4 is 5.73 Å². The first kappa shape index (κ1) is 17.6. The van der Waals surface area contributed by atoms with E-state index < -0.39 is 0 Å². The van der Waals surface area contributed by atoms with Crippen LogP contribution in [0.25, 0.3) is 0 Å². The summed E-state index contributed by atoms with van der Waals surface area (Å²) >= 11 is 1.71. The van der Waals surface area contributed by atoms with Crippen molar-refractivity contribution in [2.24, 2.45) is 5.73 Å². The number of rotatable bonds is 3. The van der Waals surface area contributed by atoms with Gasteiger partial charge >= 0.3 is 0 Å². The van der Waals surface area contributed by atoms with E-state index in [9.17, 15) is 4.79 Å². The molecule has 7 heteroatoms. The molecule has 2 heterocycles. The van der Waals surface area contributed by atoms with Crippen LogP contribution in [0.15, 0.2) is 11.6 Å². The molecule has 1 aromatic heterocycles. The molecule has 1 aliphatic rings. The Morgan fingerprint density at radius 2 is 2.11 bits per heavy atom. The molecule has 1 saturated heterocycles. The maximum absolute atomic E-state index is 11.6. The molecule has 0 aliphatic carbocycles. The van der Waals surface area contributed by atoms with E-state index in [-0.39, 0.29) is 30.7 Å². The SMILES string of the molecule is Cl.Cl.NCCC(=O)N1CCC(c2nccs2)CC1. The van der Waals surface area contributed by atoms with E-state index in [1.54, 1.807) is 11.3 Å². The van der Waals surface area contributed by atoms with Crippen molar-refractivity contribution in [3.05, 3.63) is 16.6 Å². The third kappa shape index (κ3) is 4.39. The highest BCUT2D eigenvalue weighted by Crippen LogP contribution is 2.29. The number of nitrogens with zero attached hydrogens (tertiary/aromatic N) is 2. The maximum Gasteiger partial charge on any atom is 0.223 e. The van der Waals surface area contributed by atoms with Crippen LogP contribution in [0.2, 0.25) is 0 Å². The Morgan fingerprint density at radius 3 is 2.61 bits per heavy atom. The van der Waals surface area contributed by atoms with Gasteiger partial charge in [0.2, 0.25) is 5.91 Å². The van der Waals surface area contributed by atoms with Crippen molar-refractivity contribution < 1.29 is 4.79 Å². The van der Waals surface area contributed by atoms with Gasteiger partial charge in [0.25, 0.3) is 0 Å². The summed E-state index contributed by atoms with van der Waals surface area (Å²) in [5, 5.41) is 3.23. The molecule has 2 rings (SSSR count). The monoisotopic (exact) mass is 311 g/mol. The summed E-state index contributed by atoms with van der Waals surface area (Å²) < 4.78 is 0. The molecular weight excluding hydrogens is 293 g/mol. The summed E-state index contributed by atoms with van der Waals surface area (Å²) in [6, 6.07) is 0. The van der Waals surface area contributed by atoms with Crippen molar-refractivity contribution in [1.29, 1.82) is 0 Å². The number of hydrogen-bond acceptors (Lipinski definition) is 4. The Hall–Kier alpha value is -0.360. The zero-order valence-corrected chi connectivity index (χ0v) is 12.5. The van der Waals surface area contributed by atoms with Gasteiger partial charge in [-0.05, 0) is 12.8 Å². The lowest BCUT2D eigenvalue weighted by Gasteiger charge is -2.31. The predicted molar refractivity (Wildman–Crippen MR) is 78.8 cm³/mol. The summed E-state index contributed by atoms with van der Waals surface area (Å²) in [6.07, 6.45) is 4.39. The molecule has 4 nitrogen and oxygen atoms in total. The number of halogens is 2. The van der Waals surface area contributed by atoms with Gasteiger partial charge in [0.15, 0.2) is 0 Å². The number of hydrogen-bond donors (Lipinski definition) is 1. The summed E-state index contributed by atoms with van der Waals surface area (Å²) in [6.45, 7) is 2.15. The number of thiazole rings is 1. The second kappa shape index (κ2) is 8.69. The predicted octanol–water partition coefficient (Wildman–Crippen LogP) is 2.04. The summed E-state index contributed by atoms with van der Waals surface area (Å²) in [5.74, 6) is 0.738. The number of aromatic nitrogens is 1. The minimum absolute atomic E-state index is 0. The van der Waals surface area contributed by atoms with Crippen LogP contribution in [0.1, 0.15) is 30.2 Å². The fourth-order valence-electron chi connectivity index (χ4n) is 2.09. The Kier molecular flexibility index (Phi) is 8.52. The lowest BCUT2D eigenvalue weighted by atomic mass is 9.97. The Balaban J connectivity index is 0.00000144. The molecule has 18 heavy (non-hydrogen) atoms. The molecule has 1 fully saturated rings. The summed E-state index contributed by atoms with van der Waals surface area (Å²) in [4.78, 5) is 17.9. The van der Waals surface area contributed by atoms with Crippen molar-refractivity contribution in [2.45, 2.75) is 25.2 Å². The highest BCUT2D eigenvalue weighted by Gasteiger charge is 2.24. The van der Waals surface area contributed by atoms with Gasteiger partial charge in [-0.3, -0.25) is 4.79 Å². The van der Waals surface area contributed by atoms with Crippen LogP contribution in [0.3, 0.4) is 0 Å². The third-order valence-corrected chi connectivity index (χ3v) is 3.94. The molecule has 1 aliphatic heterocycles. The number of carbonyl (C=O) groups excluding carboxylic acids is 1. The molecule has 2 N–H and O–H groups in total. The zero-order valence-electron chi connectivity index (χ0n) is 10.1. The average Bonchev–Trinajstić information content (AvgIpc) is 2.83. The van der Waals surface area contributed by atoms with Gasteiger partial charge < -0.3 is 10.6 Å². The molecule has 0 atom stereocenters. The van der Waals surface area contributed by atoms with Crippen LogP contribution in [0.4, 0.5) is 0 Å². The normalized spacial score (nSPS) is 15.7. The molecule has 0 unspecified atom stereocenters. The lowest BCUT2D eigenvalue weighted by Crippen LogP contribution is -2.38. The van der Waals surface area contributed by atoms with Crippen LogP contribution in [-0.4, -0.2) is 35.4 Å². The fraction of sp³-hybridized carbons (Fsp3) is 0.636. The van der Waals surface area contributed by atoms with E-state index in [2.05, 4.69) is 4.98 Å². The van der Waals surface area contributed by atoms with Crippen LogP contribution in [0, 0.1) is 0 Å². The smallest absolute Gasteiger partial charge is 0.223 e. The van der Waals surface area contributed by atoms with Crippen molar-refractivity contribution in [3.8, 4) is 0 Å². The van der Waals surface area contributed by atoms with Crippen molar-refractivity contribution in [1.82, 2.24) is 9.88 Å². The number of likely N-dealkylation sites (tertiary alicyclic amines) is 1. The first-order valence-corrected chi connectivity index (χ1v) is 6.56. The number of carbonyl (C=O) groups is 1. The highest BCUT2D eigenvalue weighted by atomic mass is 35.5. The molecule has 0 aromatic carbocycles. The average molecular weight is 312 g/mol. The van der Waals surface area contributed by atoms with Crippen LogP contribution >= 0.6 is 36.2 Å². The van der Waals surface area contributed by atoms with E-state index in [1.807, 2.05) is 16.5 Å². The van der Waals surface area contributed by atoms with E-state index in [0.717, 1.165) is 25.9 Å². The minimum Gasteiger partial charge on any atom is -0.343 e. The second-order valence-electron chi connectivity index (χ2n) is 4.06. The van der Waals surface area contributed by atoms with E-state index in [4.69, 9.17) is 5.73 Å². The second-order valence-corrected chi connectivity index (χ2v) is 4.99. The Morgan fingerprint density at radius 1 is 1.44 bits per heavy atom. The first-order chi connectivity index (χ1) is 7.81. The van der Waals surface area contributed by atoms with Gasteiger partial charge in [0, 0.05) is 43.5 Å². The summed E-state index contributed by atoms with van der Waals surface area (Å²) in [5.41, 5.74) is 5.38. The molecular formula is C11H19Cl2N3OS. The third-order valence-electron chi connectivity index (χ3n) is 3.01. The standard InChI is InChI=1S/C11H17N3OS.2ClH/c12-4-1-10(15)14-6-2-9(3-7-14)11-13-5-8-16-11;;/h5,8-9H,1-4,6-7,12H2;2*1H. The van der Waals surface area contributed by atoms with E-state index >= 15 is 0 Å². The number of piperidine rings is 1. The van der Waals surface area contributed by atoms with Gasteiger partial charge in [0.05, 0.1) is 5.01 Å². The maximum atomic E-state index is 11.6. The molecule has 0 spiro atoms. The first-order valence-electron chi connectivity index (χ1n) is 5.68. The number of nitrogens with two attached hydrogens (primary N) is 1. The zero-order chi connectivity index (χ0) is 11.4. The highest BCUT2D eigenvalue weighted by molar-refractivity contribution is 7.09. The van der Waals surface area contributed by atoms with Crippen molar-refractivity contribution in [2.75, 3.05) is 19.6 Å². The van der Waals surface area contributed by atoms with Gasteiger partial charge in [-0.15, -0.1) is 36.2 Å². The van der Waals surface area contributed by atoms with Crippen molar-refractivity contribution >= 4 is 42.1 Å². The molecule has 1 amide bonds. The van der Waals surface area contributed by atoms with Crippen LogP contribution in [-0.2, 0) is 4.79 Å². The molecule has 104 valence electrons. The molecule has 0 radical (unpaired) electrons. The van der Waals surface area contributed by atoms with Gasteiger partial charge in [-0.1, -0.05) is 0 Å². The van der Waals surface area contributed by atoms with Crippen LogP contribution in [0.5, 0.6) is 0 Å². The Bertz CT molecular complexity index is 340. The fourth-order valence-corrected chi connectivity index (χ4v) is 2.90. The van der Waals surface area contributed by atoms with Gasteiger partial charge in [0.1, 0.15) is 0 Å². The van der Waals surface area contributed by atoms with E-state index in [1.165, 1.54) is 5.01 Å². The van der Waals surface area contributed by atoms with E-state index in [0.29, 0.717) is 18.9 Å². The lowest BCUT2D eigenvalue weighted by molar-refractivity contribution is -0.132. The topological polar surface area (TPSA) is 59.2 Å². The summed E-state index contributed by atoms with van der Waals surface area (Å²) in [7, 11) is 0. The largest absolute Gasteiger partial charge is 0.343 e. The molecule has 1 aromatic rings. The molecule has 0 saturated carbocycles. The quantitative estimate of drug-likeness (QED) is 0.929. The van der Waals surface area contributed by atoms with Gasteiger partial charge in [-0.2, -0.15) is 0 Å². The van der Waals surface area contributed by atoms with Crippen molar-refractivity contribution in [3.63, 3.8) is 0 Å². The Labute approximate surface area is 124 Å². The van der Waals surface area contributed by atoms with Gasteiger partial charge in [-0.25, -0.2) is 4.98 Å². The molecule has 0 bridgehead atoms. The number of amides is 1.